The molecule has 0 bridgehead atoms. The minimum Gasteiger partial charge on any atom is -0.493 e. The number of anilines is 1. The molecule has 0 atom stereocenters. The van der Waals surface area contributed by atoms with Gasteiger partial charge in [-0.25, -0.2) is 9.97 Å². The zero-order chi connectivity index (χ0) is 23.3. The molecule has 0 amide bonds. The molecule has 8 nitrogen and oxygen atoms in total. The maximum atomic E-state index is 6.16. The summed E-state index contributed by atoms with van der Waals surface area (Å²) in [7, 11) is 1.67. The Morgan fingerprint density at radius 3 is 2.65 bits per heavy atom. The van der Waals surface area contributed by atoms with Crippen molar-refractivity contribution in [3.05, 3.63) is 30.0 Å². The van der Waals surface area contributed by atoms with Crippen LogP contribution < -0.4 is 14.8 Å². The fourth-order valence-electron chi connectivity index (χ4n) is 4.70. The van der Waals surface area contributed by atoms with Crippen LogP contribution in [0.4, 0.5) is 5.82 Å². The fraction of sp³-hybridized carbons (Fsp3) is 0.538. The van der Waals surface area contributed by atoms with Gasteiger partial charge in [0, 0.05) is 37.3 Å². The van der Waals surface area contributed by atoms with Crippen LogP contribution in [0.3, 0.4) is 0 Å². The molecule has 34 heavy (non-hydrogen) atoms. The van der Waals surface area contributed by atoms with E-state index in [1.165, 1.54) is 25.9 Å². The third-order valence-corrected chi connectivity index (χ3v) is 6.58. The summed E-state index contributed by atoms with van der Waals surface area (Å²) in [6, 6.07) is 8.07. The van der Waals surface area contributed by atoms with E-state index in [1.54, 1.807) is 7.11 Å². The summed E-state index contributed by atoms with van der Waals surface area (Å²) >= 11 is 0. The van der Waals surface area contributed by atoms with Crippen LogP contribution in [0.1, 0.15) is 37.9 Å². The molecule has 1 aromatic carbocycles. The SMILES string of the molecule is COc1cc2c(NC3CCOCC3)nc(-c3ccc(C)o3)nc2cc1OCCCN1CCCC1. The summed E-state index contributed by atoms with van der Waals surface area (Å²) in [5.41, 5.74) is 0.795. The van der Waals surface area contributed by atoms with Crippen LogP contribution in [0, 0.1) is 6.92 Å². The number of hydrogen-bond donors (Lipinski definition) is 1. The van der Waals surface area contributed by atoms with Crippen molar-refractivity contribution in [2.24, 2.45) is 0 Å². The highest BCUT2D eigenvalue weighted by Gasteiger charge is 2.20. The molecular formula is C26H34N4O4. The Bertz CT molecular complexity index is 1100. The van der Waals surface area contributed by atoms with Crippen molar-refractivity contribution in [1.29, 1.82) is 0 Å². The lowest BCUT2D eigenvalue weighted by atomic mass is 10.1. The lowest BCUT2D eigenvalue weighted by Crippen LogP contribution is -2.28. The number of ether oxygens (including phenoxy) is 3. The Balaban J connectivity index is 1.43. The second kappa shape index (κ2) is 10.6. The molecule has 0 spiro atoms. The zero-order valence-electron chi connectivity index (χ0n) is 20.1. The van der Waals surface area contributed by atoms with Gasteiger partial charge < -0.3 is 28.8 Å². The van der Waals surface area contributed by atoms with E-state index in [-0.39, 0.29) is 0 Å². The molecule has 3 aromatic rings. The first-order valence-corrected chi connectivity index (χ1v) is 12.4. The van der Waals surface area contributed by atoms with Crippen LogP contribution in [-0.2, 0) is 4.74 Å². The number of likely N-dealkylation sites (tertiary alicyclic amines) is 1. The summed E-state index contributed by atoms with van der Waals surface area (Å²) in [4.78, 5) is 12.2. The van der Waals surface area contributed by atoms with Gasteiger partial charge in [-0.3, -0.25) is 0 Å². The minimum atomic E-state index is 0.297. The Labute approximate surface area is 200 Å². The number of furan rings is 1. The average molecular weight is 467 g/mol. The number of aryl methyl sites for hydroxylation is 1. The number of rotatable bonds is 9. The van der Waals surface area contributed by atoms with E-state index >= 15 is 0 Å². The van der Waals surface area contributed by atoms with Crippen LogP contribution in [0.2, 0.25) is 0 Å². The molecule has 2 saturated heterocycles. The van der Waals surface area contributed by atoms with Gasteiger partial charge in [0.15, 0.2) is 23.1 Å². The van der Waals surface area contributed by atoms with Crippen molar-refractivity contribution in [2.75, 3.05) is 51.9 Å². The molecule has 0 aliphatic carbocycles. The topological polar surface area (TPSA) is 81.9 Å². The van der Waals surface area contributed by atoms with E-state index in [9.17, 15) is 0 Å². The van der Waals surface area contributed by atoms with Gasteiger partial charge in [-0.2, -0.15) is 0 Å². The van der Waals surface area contributed by atoms with Crippen LogP contribution in [0.15, 0.2) is 28.7 Å². The lowest BCUT2D eigenvalue weighted by Gasteiger charge is -2.24. The highest BCUT2D eigenvalue weighted by atomic mass is 16.5. The summed E-state index contributed by atoms with van der Waals surface area (Å²) < 4.78 is 23.2. The van der Waals surface area contributed by atoms with Crippen LogP contribution in [0.5, 0.6) is 11.5 Å². The molecule has 182 valence electrons. The summed E-state index contributed by atoms with van der Waals surface area (Å²) in [5, 5.41) is 4.52. The second-order valence-electron chi connectivity index (χ2n) is 9.11. The van der Waals surface area contributed by atoms with E-state index in [2.05, 4.69) is 10.2 Å². The molecule has 8 heteroatoms. The standard InChI is InChI=1S/C26H34N4O4/c1-18-6-7-22(34-18)26-28-21-17-24(33-13-5-12-30-10-3-4-11-30)23(31-2)16-20(21)25(29-26)27-19-8-14-32-15-9-19/h6-7,16-17,19H,3-5,8-15H2,1-2H3,(H,27,28,29). The number of methoxy groups -OCH3 is 1. The van der Waals surface area contributed by atoms with Crippen LogP contribution in [-0.4, -0.2) is 67.5 Å². The number of nitrogens with one attached hydrogen (secondary N) is 1. The molecule has 2 fully saturated rings. The van der Waals surface area contributed by atoms with Crippen molar-refractivity contribution in [1.82, 2.24) is 14.9 Å². The zero-order valence-corrected chi connectivity index (χ0v) is 20.1. The van der Waals surface area contributed by atoms with E-state index < -0.39 is 0 Å². The maximum Gasteiger partial charge on any atom is 0.198 e. The molecular weight excluding hydrogens is 432 g/mol. The van der Waals surface area contributed by atoms with E-state index in [1.807, 2.05) is 31.2 Å². The predicted molar refractivity (Wildman–Crippen MR) is 132 cm³/mol. The molecule has 2 aliphatic heterocycles. The Hall–Kier alpha value is -2.84. The normalized spacial score (nSPS) is 17.4. The Morgan fingerprint density at radius 1 is 1.09 bits per heavy atom. The number of aromatic nitrogens is 2. The maximum absolute atomic E-state index is 6.16. The summed E-state index contributed by atoms with van der Waals surface area (Å²) in [6.07, 6.45) is 5.48. The Morgan fingerprint density at radius 2 is 1.91 bits per heavy atom. The van der Waals surface area contributed by atoms with Gasteiger partial charge in [0.25, 0.3) is 0 Å². The predicted octanol–water partition coefficient (Wildman–Crippen LogP) is 4.66. The minimum absolute atomic E-state index is 0.297. The highest BCUT2D eigenvalue weighted by Crippen LogP contribution is 2.36. The molecule has 0 saturated carbocycles. The van der Waals surface area contributed by atoms with Gasteiger partial charge in [0.2, 0.25) is 0 Å². The monoisotopic (exact) mass is 466 g/mol. The first-order valence-electron chi connectivity index (χ1n) is 12.4. The van der Waals surface area contributed by atoms with Crippen molar-refractivity contribution in [3.63, 3.8) is 0 Å². The number of fused-ring (bicyclic) bond motifs is 1. The van der Waals surface area contributed by atoms with Crippen molar-refractivity contribution in [3.8, 4) is 23.1 Å². The van der Waals surface area contributed by atoms with Crippen LogP contribution in [0.25, 0.3) is 22.5 Å². The number of hydrogen-bond acceptors (Lipinski definition) is 8. The molecule has 4 heterocycles. The summed E-state index contributed by atoms with van der Waals surface area (Å²) in [6.45, 7) is 7.54. The molecule has 1 N–H and O–H groups in total. The molecule has 2 aromatic heterocycles. The highest BCUT2D eigenvalue weighted by molar-refractivity contribution is 5.93. The van der Waals surface area contributed by atoms with Gasteiger partial charge in [0.1, 0.15) is 11.6 Å². The quantitative estimate of drug-likeness (QED) is 0.456. The van der Waals surface area contributed by atoms with Crippen LogP contribution >= 0.6 is 0 Å². The Kier molecular flexibility index (Phi) is 7.16. The lowest BCUT2D eigenvalue weighted by molar-refractivity contribution is 0.0904. The molecule has 0 unspecified atom stereocenters. The van der Waals surface area contributed by atoms with E-state index in [4.69, 9.17) is 28.6 Å². The molecule has 0 radical (unpaired) electrons. The van der Waals surface area contributed by atoms with E-state index in [0.717, 1.165) is 61.5 Å². The van der Waals surface area contributed by atoms with Gasteiger partial charge in [-0.05, 0) is 70.3 Å². The largest absolute Gasteiger partial charge is 0.493 e. The smallest absolute Gasteiger partial charge is 0.198 e. The first-order chi connectivity index (χ1) is 16.7. The third-order valence-electron chi connectivity index (χ3n) is 6.58. The average Bonchev–Trinajstić information content (AvgIpc) is 3.54. The second-order valence-corrected chi connectivity index (χ2v) is 9.11. The number of nitrogens with zero attached hydrogens (tertiary/aromatic N) is 3. The van der Waals surface area contributed by atoms with Gasteiger partial charge >= 0.3 is 0 Å². The van der Waals surface area contributed by atoms with E-state index in [0.29, 0.717) is 35.7 Å². The number of benzene rings is 1. The van der Waals surface area contributed by atoms with Gasteiger partial charge in [-0.15, -0.1) is 0 Å². The van der Waals surface area contributed by atoms with Crippen molar-refractivity contribution >= 4 is 16.7 Å². The fourth-order valence-corrected chi connectivity index (χ4v) is 4.70. The summed E-state index contributed by atoms with van der Waals surface area (Å²) in [5.74, 6) is 4.20. The molecule has 2 aliphatic rings. The molecule has 5 rings (SSSR count). The van der Waals surface area contributed by atoms with Gasteiger partial charge in [-0.1, -0.05) is 0 Å². The third kappa shape index (κ3) is 5.28. The first kappa shape index (κ1) is 22.9. The van der Waals surface area contributed by atoms with Crippen molar-refractivity contribution in [2.45, 2.75) is 45.1 Å². The van der Waals surface area contributed by atoms with Gasteiger partial charge in [0.05, 0.1) is 19.2 Å². The van der Waals surface area contributed by atoms with Crippen molar-refractivity contribution < 1.29 is 18.6 Å².